The van der Waals surface area contributed by atoms with Gasteiger partial charge in [0.15, 0.2) is 0 Å². The summed E-state index contributed by atoms with van der Waals surface area (Å²) in [5.74, 6) is -0.397. The molecule has 1 aliphatic carbocycles. The fraction of sp³-hybridized carbons (Fsp3) is 0.857. The number of aliphatic carboxylic acids is 1. The molecule has 4 unspecified atom stereocenters. The number of carboxylic acid groups (broad SMARTS) is 1. The molecule has 1 rings (SSSR count). The van der Waals surface area contributed by atoms with Gasteiger partial charge in [-0.25, -0.2) is 0 Å². The molecule has 1 aliphatic rings. The van der Waals surface area contributed by atoms with Crippen molar-refractivity contribution < 1.29 is 14.7 Å². The molecule has 5 heteroatoms. The van der Waals surface area contributed by atoms with Crippen molar-refractivity contribution in [3.05, 3.63) is 0 Å². The van der Waals surface area contributed by atoms with Crippen molar-refractivity contribution in [1.82, 2.24) is 4.90 Å². The predicted octanol–water partition coefficient (Wildman–Crippen LogP) is 2.33. The number of hydrogen-bond donors (Lipinski definition) is 1. The van der Waals surface area contributed by atoms with Crippen LogP contribution in [0.4, 0.5) is 0 Å². The average molecular weight is 287 g/mol. The van der Waals surface area contributed by atoms with Gasteiger partial charge in [-0.2, -0.15) is 11.8 Å². The summed E-state index contributed by atoms with van der Waals surface area (Å²) in [5, 5.41) is 9.29. The highest BCUT2D eigenvalue weighted by molar-refractivity contribution is 7.98. The lowest BCUT2D eigenvalue weighted by molar-refractivity contribution is -0.149. The summed E-state index contributed by atoms with van der Waals surface area (Å²) in [6, 6.07) is 0.151. The third kappa shape index (κ3) is 3.88. The molecule has 4 nitrogen and oxygen atoms in total. The molecule has 0 spiro atoms. The minimum absolute atomic E-state index is 0.00454. The summed E-state index contributed by atoms with van der Waals surface area (Å²) in [5.41, 5.74) is 0. The van der Waals surface area contributed by atoms with Crippen molar-refractivity contribution in [3.8, 4) is 0 Å². The maximum absolute atomic E-state index is 12.5. The summed E-state index contributed by atoms with van der Waals surface area (Å²) in [6.45, 7) is 4.08. The van der Waals surface area contributed by atoms with Crippen LogP contribution in [0.25, 0.3) is 0 Å². The van der Waals surface area contributed by atoms with Gasteiger partial charge in [-0.05, 0) is 31.9 Å². The van der Waals surface area contributed by atoms with E-state index >= 15 is 0 Å². The number of rotatable bonds is 6. The van der Waals surface area contributed by atoms with E-state index in [1.807, 2.05) is 13.2 Å². The van der Waals surface area contributed by atoms with Gasteiger partial charge in [0.1, 0.15) is 0 Å². The zero-order valence-corrected chi connectivity index (χ0v) is 13.1. The zero-order valence-electron chi connectivity index (χ0n) is 12.3. The second kappa shape index (κ2) is 7.17. The summed E-state index contributed by atoms with van der Waals surface area (Å²) in [6.07, 6.45) is 4.34. The number of carboxylic acids is 1. The second-order valence-corrected chi connectivity index (χ2v) is 6.46. The first-order valence-corrected chi connectivity index (χ1v) is 8.30. The van der Waals surface area contributed by atoms with Gasteiger partial charge >= 0.3 is 5.97 Å². The van der Waals surface area contributed by atoms with Crippen LogP contribution in [0.15, 0.2) is 0 Å². The molecule has 0 aromatic rings. The number of nitrogens with zero attached hydrogens (tertiary/aromatic N) is 1. The lowest BCUT2D eigenvalue weighted by Gasteiger charge is -2.28. The molecule has 1 fully saturated rings. The van der Waals surface area contributed by atoms with E-state index in [0.717, 1.165) is 18.6 Å². The molecule has 19 heavy (non-hydrogen) atoms. The Morgan fingerprint density at radius 3 is 2.42 bits per heavy atom. The smallest absolute Gasteiger partial charge is 0.307 e. The Balaban J connectivity index is 2.76. The van der Waals surface area contributed by atoms with Crippen LogP contribution < -0.4 is 0 Å². The summed E-state index contributed by atoms with van der Waals surface area (Å²) in [4.78, 5) is 25.5. The van der Waals surface area contributed by atoms with Crippen LogP contribution in [-0.4, -0.2) is 47.0 Å². The van der Waals surface area contributed by atoms with E-state index < -0.39 is 11.9 Å². The van der Waals surface area contributed by atoms with E-state index in [2.05, 4.69) is 6.92 Å². The fourth-order valence-electron chi connectivity index (χ4n) is 2.85. The van der Waals surface area contributed by atoms with Crippen LogP contribution in [-0.2, 0) is 9.59 Å². The second-order valence-electron chi connectivity index (χ2n) is 5.55. The van der Waals surface area contributed by atoms with E-state index in [4.69, 9.17) is 0 Å². The Hall–Kier alpha value is -0.710. The standard InChI is InChI=1S/C14H25NO3S/c1-5-10-6-11(12(7-10)14(17)18)13(16)15(3)9(2)8-19-4/h9-12H,5-8H2,1-4H3,(H,17,18). The lowest BCUT2D eigenvalue weighted by atomic mass is 9.94. The van der Waals surface area contributed by atoms with Crippen molar-refractivity contribution >= 4 is 23.6 Å². The molecule has 0 aromatic heterocycles. The number of hydrogen-bond acceptors (Lipinski definition) is 3. The minimum atomic E-state index is -0.819. The molecule has 0 heterocycles. The highest BCUT2D eigenvalue weighted by atomic mass is 32.2. The predicted molar refractivity (Wildman–Crippen MR) is 78.2 cm³/mol. The van der Waals surface area contributed by atoms with Gasteiger partial charge in [-0.1, -0.05) is 13.3 Å². The first-order valence-electron chi connectivity index (χ1n) is 6.90. The molecule has 110 valence electrons. The Kier molecular flexibility index (Phi) is 6.17. The summed E-state index contributed by atoms with van der Waals surface area (Å²) >= 11 is 1.70. The van der Waals surface area contributed by atoms with E-state index in [9.17, 15) is 14.7 Å². The fourth-order valence-corrected chi connectivity index (χ4v) is 3.56. The molecule has 0 aromatic carbocycles. The maximum atomic E-state index is 12.5. The van der Waals surface area contributed by atoms with Crippen molar-refractivity contribution in [3.63, 3.8) is 0 Å². The van der Waals surface area contributed by atoms with Gasteiger partial charge in [0, 0.05) is 18.8 Å². The first kappa shape index (κ1) is 16.3. The third-order valence-corrected chi connectivity index (χ3v) is 5.10. The average Bonchev–Trinajstić information content (AvgIpc) is 2.81. The van der Waals surface area contributed by atoms with Gasteiger partial charge in [0.25, 0.3) is 0 Å². The van der Waals surface area contributed by atoms with Gasteiger partial charge in [-0.15, -0.1) is 0 Å². The van der Waals surface area contributed by atoms with Crippen LogP contribution in [0.3, 0.4) is 0 Å². The molecule has 4 atom stereocenters. The van der Waals surface area contributed by atoms with E-state index in [0.29, 0.717) is 12.3 Å². The van der Waals surface area contributed by atoms with Crippen LogP contribution in [0.5, 0.6) is 0 Å². The molecular formula is C14H25NO3S. The highest BCUT2D eigenvalue weighted by Crippen LogP contribution is 2.39. The van der Waals surface area contributed by atoms with Gasteiger partial charge in [0.2, 0.25) is 5.91 Å². The molecule has 0 radical (unpaired) electrons. The van der Waals surface area contributed by atoms with Crippen molar-refractivity contribution in [1.29, 1.82) is 0 Å². The van der Waals surface area contributed by atoms with Crippen molar-refractivity contribution in [2.24, 2.45) is 17.8 Å². The maximum Gasteiger partial charge on any atom is 0.307 e. The first-order chi connectivity index (χ1) is 8.92. The molecule has 0 aliphatic heterocycles. The molecule has 0 bridgehead atoms. The topological polar surface area (TPSA) is 57.6 Å². The zero-order chi connectivity index (χ0) is 14.6. The number of amides is 1. The SMILES string of the molecule is CCC1CC(C(=O)O)C(C(=O)N(C)C(C)CSC)C1. The van der Waals surface area contributed by atoms with E-state index in [1.54, 1.807) is 23.7 Å². The Morgan fingerprint density at radius 2 is 1.95 bits per heavy atom. The number of thioether (sulfide) groups is 1. The van der Waals surface area contributed by atoms with Crippen molar-refractivity contribution in [2.75, 3.05) is 19.1 Å². The van der Waals surface area contributed by atoms with E-state index in [-0.39, 0.29) is 17.9 Å². The Morgan fingerprint density at radius 1 is 1.37 bits per heavy atom. The molecular weight excluding hydrogens is 262 g/mol. The van der Waals surface area contributed by atoms with Gasteiger partial charge in [0.05, 0.1) is 11.8 Å². The van der Waals surface area contributed by atoms with Crippen LogP contribution in [0, 0.1) is 17.8 Å². The highest BCUT2D eigenvalue weighted by Gasteiger charge is 2.43. The summed E-state index contributed by atoms with van der Waals surface area (Å²) in [7, 11) is 1.79. The Bertz CT molecular complexity index is 335. The normalized spacial score (nSPS) is 28.1. The molecule has 1 saturated carbocycles. The van der Waals surface area contributed by atoms with Crippen LogP contribution in [0.1, 0.15) is 33.1 Å². The minimum Gasteiger partial charge on any atom is -0.481 e. The van der Waals surface area contributed by atoms with Crippen LogP contribution in [0.2, 0.25) is 0 Å². The van der Waals surface area contributed by atoms with Crippen molar-refractivity contribution in [2.45, 2.75) is 39.2 Å². The largest absolute Gasteiger partial charge is 0.481 e. The third-order valence-electron chi connectivity index (χ3n) is 4.29. The number of carbonyl (C=O) groups is 2. The van der Waals surface area contributed by atoms with Crippen LogP contribution >= 0.6 is 11.8 Å². The number of carbonyl (C=O) groups excluding carboxylic acids is 1. The molecule has 1 amide bonds. The Labute approximate surface area is 119 Å². The monoisotopic (exact) mass is 287 g/mol. The lowest BCUT2D eigenvalue weighted by Crippen LogP contribution is -2.42. The van der Waals surface area contributed by atoms with Gasteiger partial charge < -0.3 is 10.0 Å². The summed E-state index contributed by atoms with van der Waals surface area (Å²) < 4.78 is 0. The quantitative estimate of drug-likeness (QED) is 0.814. The van der Waals surface area contributed by atoms with E-state index in [1.165, 1.54) is 0 Å². The molecule has 0 saturated heterocycles. The molecule has 1 N–H and O–H groups in total. The van der Waals surface area contributed by atoms with Gasteiger partial charge in [-0.3, -0.25) is 9.59 Å².